The van der Waals surface area contributed by atoms with Gasteiger partial charge in [0.25, 0.3) is 0 Å². The molecule has 0 aliphatic carbocycles. The number of hydrazine groups is 1. The highest BCUT2D eigenvalue weighted by Crippen LogP contribution is 2.38. The first-order valence-corrected chi connectivity index (χ1v) is 7.07. The van der Waals surface area contributed by atoms with E-state index in [1.54, 1.807) is 6.07 Å². The van der Waals surface area contributed by atoms with Gasteiger partial charge in [-0.15, -0.1) is 0 Å². The van der Waals surface area contributed by atoms with Crippen molar-refractivity contribution < 1.29 is 13.2 Å². The number of halogens is 3. The summed E-state index contributed by atoms with van der Waals surface area (Å²) in [5.41, 5.74) is 2.25. The van der Waals surface area contributed by atoms with Gasteiger partial charge >= 0.3 is 6.18 Å². The molecule has 0 radical (unpaired) electrons. The maximum Gasteiger partial charge on any atom is 0.416 e. The summed E-state index contributed by atoms with van der Waals surface area (Å²) in [6, 6.07) is 5.21. The Hall–Kier alpha value is -1.07. The van der Waals surface area contributed by atoms with Crippen molar-refractivity contribution in [2.75, 3.05) is 0 Å². The Morgan fingerprint density at radius 3 is 2.10 bits per heavy atom. The molecule has 114 valence electrons. The van der Waals surface area contributed by atoms with Gasteiger partial charge in [-0.05, 0) is 30.4 Å². The molecule has 3 N–H and O–H groups in total. The second-order valence-corrected chi connectivity index (χ2v) is 5.07. The minimum atomic E-state index is -4.35. The van der Waals surface area contributed by atoms with E-state index in [1.165, 1.54) is 12.1 Å². The van der Waals surface area contributed by atoms with Crippen molar-refractivity contribution >= 4 is 0 Å². The smallest absolute Gasteiger partial charge is 0.271 e. The molecule has 0 spiro atoms. The van der Waals surface area contributed by atoms with Gasteiger partial charge in [-0.3, -0.25) is 11.3 Å². The van der Waals surface area contributed by atoms with Crippen LogP contribution < -0.4 is 11.3 Å². The van der Waals surface area contributed by atoms with Crippen LogP contribution in [0.4, 0.5) is 13.2 Å². The van der Waals surface area contributed by atoms with Gasteiger partial charge in [0, 0.05) is 6.04 Å². The highest BCUT2D eigenvalue weighted by Gasteiger charge is 2.36. The highest BCUT2D eigenvalue weighted by molar-refractivity contribution is 5.32. The van der Waals surface area contributed by atoms with Crippen LogP contribution in [0.2, 0.25) is 0 Å². The van der Waals surface area contributed by atoms with Crippen molar-refractivity contribution in [2.24, 2.45) is 11.8 Å². The number of hydrogen-bond acceptors (Lipinski definition) is 2. The molecule has 0 aromatic heterocycles. The molecule has 1 aromatic carbocycles. The van der Waals surface area contributed by atoms with Crippen LogP contribution in [0, 0.1) is 5.92 Å². The average Bonchev–Trinajstić information content (AvgIpc) is 2.39. The van der Waals surface area contributed by atoms with E-state index < -0.39 is 17.8 Å². The van der Waals surface area contributed by atoms with Crippen LogP contribution in [0.25, 0.3) is 0 Å². The van der Waals surface area contributed by atoms with Gasteiger partial charge < -0.3 is 0 Å². The molecule has 0 fully saturated rings. The van der Waals surface area contributed by atoms with E-state index in [1.807, 2.05) is 13.8 Å². The molecule has 0 heterocycles. The summed E-state index contributed by atoms with van der Waals surface area (Å²) in [6.45, 7) is 4.07. The lowest BCUT2D eigenvalue weighted by atomic mass is 9.84. The molecule has 1 atom stereocenters. The van der Waals surface area contributed by atoms with Gasteiger partial charge in [-0.1, -0.05) is 44.9 Å². The molecule has 0 saturated heterocycles. The predicted octanol–water partition coefficient (Wildman–Crippen LogP) is 4.43. The summed E-state index contributed by atoms with van der Waals surface area (Å²) in [7, 11) is 0. The molecule has 0 amide bonds. The number of nitrogens with one attached hydrogen (secondary N) is 1. The van der Waals surface area contributed by atoms with E-state index in [-0.39, 0.29) is 11.5 Å². The fraction of sp³-hybridized carbons (Fsp3) is 0.600. The minimum Gasteiger partial charge on any atom is -0.271 e. The second-order valence-electron chi connectivity index (χ2n) is 5.07. The number of nitrogens with two attached hydrogens (primary N) is 1. The van der Waals surface area contributed by atoms with Crippen molar-refractivity contribution in [3.63, 3.8) is 0 Å². The predicted molar refractivity (Wildman–Crippen MR) is 74.8 cm³/mol. The maximum absolute atomic E-state index is 13.1. The summed E-state index contributed by atoms with van der Waals surface area (Å²) in [5, 5.41) is 0. The van der Waals surface area contributed by atoms with Crippen LogP contribution >= 0.6 is 0 Å². The minimum absolute atomic E-state index is 0.110. The molecule has 5 heteroatoms. The Bertz CT molecular complexity index is 398. The summed E-state index contributed by atoms with van der Waals surface area (Å²) in [5.74, 6) is 5.67. The van der Waals surface area contributed by atoms with Gasteiger partial charge in [-0.25, -0.2) is 0 Å². The quantitative estimate of drug-likeness (QED) is 0.575. The maximum atomic E-state index is 13.1. The molecular weight excluding hydrogens is 265 g/mol. The Kier molecular flexibility index (Phi) is 6.49. The topological polar surface area (TPSA) is 38.0 Å². The number of benzene rings is 1. The standard InChI is InChI=1S/C15H23F3N2/c1-3-7-11(8-4-2)14(20-19)12-9-5-6-10-13(12)15(16,17)18/h5-6,9-11,14,20H,3-4,7-8,19H2,1-2H3. The van der Waals surface area contributed by atoms with Crippen molar-refractivity contribution in [3.8, 4) is 0 Å². The van der Waals surface area contributed by atoms with Crippen LogP contribution in [0.3, 0.4) is 0 Å². The lowest BCUT2D eigenvalue weighted by Crippen LogP contribution is -2.35. The number of alkyl halides is 3. The van der Waals surface area contributed by atoms with E-state index in [4.69, 9.17) is 5.84 Å². The summed E-state index contributed by atoms with van der Waals surface area (Å²) < 4.78 is 39.3. The molecule has 2 nitrogen and oxygen atoms in total. The molecule has 0 aliphatic rings. The summed E-state index contributed by atoms with van der Waals surface area (Å²) in [4.78, 5) is 0. The van der Waals surface area contributed by atoms with E-state index >= 15 is 0 Å². The zero-order valence-corrected chi connectivity index (χ0v) is 12.0. The third-order valence-corrected chi connectivity index (χ3v) is 3.57. The van der Waals surface area contributed by atoms with Gasteiger partial charge in [0.15, 0.2) is 0 Å². The van der Waals surface area contributed by atoms with E-state index in [0.717, 1.165) is 31.7 Å². The highest BCUT2D eigenvalue weighted by atomic mass is 19.4. The lowest BCUT2D eigenvalue weighted by molar-refractivity contribution is -0.138. The van der Waals surface area contributed by atoms with Gasteiger partial charge in [0.05, 0.1) is 5.56 Å². The van der Waals surface area contributed by atoms with Crippen molar-refractivity contribution in [3.05, 3.63) is 35.4 Å². The van der Waals surface area contributed by atoms with E-state index in [0.29, 0.717) is 0 Å². The fourth-order valence-corrected chi connectivity index (χ4v) is 2.73. The second kappa shape index (κ2) is 7.64. The molecule has 0 saturated carbocycles. The molecule has 20 heavy (non-hydrogen) atoms. The number of rotatable bonds is 7. The molecule has 1 aromatic rings. The first-order valence-electron chi connectivity index (χ1n) is 7.07. The molecule has 1 rings (SSSR count). The molecule has 0 aliphatic heterocycles. The Labute approximate surface area is 118 Å². The first kappa shape index (κ1) is 17.0. The Morgan fingerprint density at radius 2 is 1.65 bits per heavy atom. The van der Waals surface area contributed by atoms with E-state index in [9.17, 15) is 13.2 Å². The van der Waals surface area contributed by atoms with Crippen LogP contribution in [0.1, 0.15) is 56.7 Å². The Morgan fingerprint density at radius 1 is 1.10 bits per heavy atom. The Balaban J connectivity index is 3.17. The monoisotopic (exact) mass is 288 g/mol. The van der Waals surface area contributed by atoms with E-state index in [2.05, 4.69) is 5.43 Å². The SMILES string of the molecule is CCCC(CCC)C(NN)c1ccccc1C(F)(F)F. The van der Waals surface area contributed by atoms with Crippen molar-refractivity contribution in [1.29, 1.82) is 0 Å². The zero-order chi connectivity index (χ0) is 15.2. The molecule has 1 unspecified atom stereocenters. The molecule has 0 bridgehead atoms. The largest absolute Gasteiger partial charge is 0.416 e. The zero-order valence-electron chi connectivity index (χ0n) is 12.0. The van der Waals surface area contributed by atoms with Crippen LogP contribution in [-0.4, -0.2) is 0 Å². The van der Waals surface area contributed by atoms with Gasteiger partial charge in [-0.2, -0.15) is 13.2 Å². The van der Waals surface area contributed by atoms with Crippen molar-refractivity contribution in [2.45, 2.75) is 51.7 Å². The summed E-state index contributed by atoms with van der Waals surface area (Å²) >= 11 is 0. The summed E-state index contributed by atoms with van der Waals surface area (Å²) in [6.07, 6.45) is -0.785. The lowest BCUT2D eigenvalue weighted by Gasteiger charge is -2.28. The third kappa shape index (κ3) is 4.21. The number of hydrogen-bond donors (Lipinski definition) is 2. The van der Waals surface area contributed by atoms with Crippen LogP contribution in [0.5, 0.6) is 0 Å². The normalized spacial score (nSPS) is 13.8. The molecular formula is C15H23F3N2. The fourth-order valence-electron chi connectivity index (χ4n) is 2.73. The van der Waals surface area contributed by atoms with Crippen LogP contribution in [0.15, 0.2) is 24.3 Å². The third-order valence-electron chi connectivity index (χ3n) is 3.57. The van der Waals surface area contributed by atoms with Gasteiger partial charge in [0.2, 0.25) is 0 Å². The van der Waals surface area contributed by atoms with Crippen molar-refractivity contribution in [1.82, 2.24) is 5.43 Å². The van der Waals surface area contributed by atoms with Gasteiger partial charge in [0.1, 0.15) is 0 Å². The van der Waals surface area contributed by atoms with Crippen LogP contribution in [-0.2, 0) is 6.18 Å². The average molecular weight is 288 g/mol. The first-order chi connectivity index (χ1) is 9.45.